The van der Waals surface area contributed by atoms with Crippen LogP contribution >= 0.6 is 11.6 Å². The molecule has 0 aliphatic rings. The smallest absolute Gasteiger partial charge is 0.331 e. The van der Waals surface area contributed by atoms with E-state index in [1.54, 1.807) is 27.0 Å². The summed E-state index contributed by atoms with van der Waals surface area (Å²) < 4.78 is 11.1. The Hall–Kier alpha value is -2.61. The lowest BCUT2D eigenvalue weighted by Crippen LogP contribution is -2.20. The molecule has 0 aliphatic heterocycles. The zero-order valence-corrected chi connectivity index (χ0v) is 13.5. The molecule has 1 amide bonds. The predicted molar refractivity (Wildman–Crippen MR) is 82.8 cm³/mol. The molecule has 23 heavy (non-hydrogen) atoms. The molecule has 2 aromatic heterocycles. The van der Waals surface area contributed by atoms with E-state index in [1.807, 2.05) is 0 Å². The van der Waals surface area contributed by atoms with Gasteiger partial charge >= 0.3 is 5.97 Å². The number of esters is 1. The Balaban J connectivity index is 1.85. The standard InChI is InChI=1S/C14H15ClN4O4/c1-8-6-11(18-23-8)16-12(20)7-22-13(21)5-4-10-9(2)17-19(3)14(10)15/h4-6H,7H2,1-3H3,(H,16,18,20)/b5-4+. The molecule has 1 N–H and O–H groups in total. The molecule has 2 rings (SSSR count). The fourth-order valence-corrected chi connectivity index (χ4v) is 2.01. The van der Waals surface area contributed by atoms with Gasteiger partial charge in [0.15, 0.2) is 12.4 Å². The molecule has 0 saturated carbocycles. The minimum Gasteiger partial charge on any atom is -0.452 e. The first-order valence-corrected chi connectivity index (χ1v) is 7.01. The number of aryl methyl sites for hydroxylation is 3. The summed E-state index contributed by atoms with van der Waals surface area (Å²) in [7, 11) is 1.70. The van der Waals surface area contributed by atoms with Crippen LogP contribution in [0, 0.1) is 13.8 Å². The highest BCUT2D eigenvalue weighted by Crippen LogP contribution is 2.19. The van der Waals surface area contributed by atoms with Gasteiger partial charge in [-0.05, 0) is 19.9 Å². The molecule has 0 radical (unpaired) electrons. The minimum absolute atomic E-state index is 0.261. The zero-order valence-electron chi connectivity index (χ0n) is 12.8. The van der Waals surface area contributed by atoms with Crippen LogP contribution in [-0.2, 0) is 21.4 Å². The molecule has 0 bridgehead atoms. The molecule has 8 nitrogen and oxygen atoms in total. The molecule has 0 aliphatic carbocycles. The third-order valence-electron chi connectivity index (χ3n) is 2.82. The van der Waals surface area contributed by atoms with Crippen molar-refractivity contribution in [3.8, 4) is 0 Å². The summed E-state index contributed by atoms with van der Waals surface area (Å²) in [5.41, 5.74) is 1.30. The van der Waals surface area contributed by atoms with E-state index in [0.717, 1.165) is 0 Å². The molecular formula is C14H15ClN4O4. The van der Waals surface area contributed by atoms with E-state index in [-0.39, 0.29) is 5.82 Å². The quantitative estimate of drug-likeness (QED) is 0.660. The number of hydrogen-bond donors (Lipinski definition) is 1. The van der Waals surface area contributed by atoms with Gasteiger partial charge in [-0.3, -0.25) is 9.48 Å². The number of aromatic nitrogens is 3. The van der Waals surface area contributed by atoms with E-state index in [1.165, 1.54) is 16.8 Å². The Morgan fingerprint density at radius 3 is 2.78 bits per heavy atom. The highest BCUT2D eigenvalue weighted by atomic mass is 35.5. The molecule has 0 unspecified atom stereocenters. The zero-order chi connectivity index (χ0) is 17.0. The maximum atomic E-state index is 11.6. The Morgan fingerprint density at radius 2 is 2.22 bits per heavy atom. The SMILES string of the molecule is Cc1cc(NC(=O)COC(=O)/C=C/c2c(C)nn(C)c2Cl)no1. The van der Waals surface area contributed by atoms with Gasteiger partial charge in [-0.25, -0.2) is 4.79 Å². The first-order valence-electron chi connectivity index (χ1n) is 6.64. The van der Waals surface area contributed by atoms with Gasteiger partial charge in [0.05, 0.1) is 5.69 Å². The first kappa shape index (κ1) is 16.8. The number of carbonyl (C=O) groups is 2. The lowest BCUT2D eigenvalue weighted by Gasteiger charge is -2.01. The number of ether oxygens (including phenoxy) is 1. The average molecular weight is 339 g/mol. The largest absolute Gasteiger partial charge is 0.452 e. The Labute approximate surface area is 137 Å². The maximum absolute atomic E-state index is 11.6. The Morgan fingerprint density at radius 1 is 1.48 bits per heavy atom. The van der Waals surface area contributed by atoms with Gasteiger partial charge in [-0.15, -0.1) is 0 Å². The van der Waals surface area contributed by atoms with Crippen molar-refractivity contribution in [2.24, 2.45) is 7.05 Å². The van der Waals surface area contributed by atoms with Crippen LogP contribution in [-0.4, -0.2) is 33.4 Å². The number of amides is 1. The van der Waals surface area contributed by atoms with E-state index in [4.69, 9.17) is 20.9 Å². The summed E-state index contributed by atoms with van der Waals surface area (Å²) in [6.07, 6.45) is 2.68. The topological polar surface area (TPSA) is 99.2 Å². The van der Waals surface area contributed by atoms with Crippen LogP contribution in [0.5, 0.6) is 0 Å². The van der Waals surface area contributed by atoms with E-state index in [9.17, 15) is 9.59 Å². The third kappa shape index (κ3) is 4.43. The molecule has 0 spiro atoms. The Bertz CT molecular complexity index is 763. The number of rotatable bonds is 5. The molecule has 0 aromatic carbocycles. The second kappa shape index (κ2) is 7.10. The van der Waals surface area contributed by atoms with Crippen LogP contribution < -0.4 is 5.32 Å². The van der Waals surface area contributed by atoms with Gasteiger partial charge in [0, 0.05) is 24.8 Å². The second-order valence-electron chi connectivity index (χ2n) is 4.73. The highest BCUT2D eigenvalue weighted by molar-refractivity contribution is 6.31. The van der Waals surface area contributed by atoms with Gasteiger partial charge in [0.1, 0.15) is 10.9 Å². The van der Waals surface area contributed by atoms with Gasteiger partial charge in [-0.2, -0.15) is 5.10 Å². The summed E-state index contributed by atoms with van der Waals surface area (Å²) in [5.74, 6) is -0.368. The van der Waals surface area contributed by atoms with E-state index >= 15 is 0 Å². The van der Waals surface area contributed by atoms with E-state index in [0.29, 0.717) is 22.2 Å². The van der Waals surface area contributed by atoms with Crippen LogP contribution in [0.4, 0.5) is 5.82 Å². The molecule has 122 valence electrons. The number of carbonyl (C=O) groups excluding carboxylic acids is 2. The van der Waals surface area contributed by atoms with E-state index < -0.39 is 18.5 Å². The molecule has 0 fully saturated rings. The molecule has 0 saturated heterocycles. The van der Waals surface area contributed by atoms with Crippen molar-refractivity contribution in [1.29, 1.82) is 0 Å². The summed E-state index contributed by atoms with van der Waals surface area (Å²) >= 11 is 6.03. The van der Waals surface area contributed by atoms with Crippen molar-refractivity contribution in [2.75, 3.05) is 11.9 Å². The minimum atomic E-state index is -0.671. The van der Waals surface area contributed by atoms with Crippen LogP contribution in [0.1, 0.15) is 17.0 Å². The van der Waals surface area contributed by atoms with E-state index in [2.05, 4.69) is 15.6 Å². The molecule has 9 heteroatoms. The monoisotopic (exact) mass is 338 g/mol. The molecule has 0 atom stereocenters. The fourth-order valence-electron chi connectivity index (χ4n) is 1.78. The van der Waals surface area contributed by atoms with Gasteiger partial charge in [-0.1, -0.05) is 16.8 Å². The number of hydrogen-bond acceptors (Lipinski definition) is 6. The average Bonchev–Trinajstić information content (AvgIpc) is 2.99. The molecule has 2 aromatic rings. The normalized spacial score (nSPS) is 11.0. The van der Waals surface area contributed by atoms with Crippen molar-refractivity contribution in [3.05, 3.63) is 34.3 Å². The van der Waals surface area contributed by atoms with Crippen molar-refractivity contribution in [3.63, 3.8) is 0 Å². The highest BCUT2D eigenvalue weighted by Gasteiger charge is 2.10. The summed E-state index contributed by atoms with van der Waals surface area (Å²) in [6, 6.07) is 1.55. The van der Waals surface area contributed by atoms with Gasteiger partial charge < -0.3 is 14.6 Å². The first-order chi connectivity index (χ1) is 10.9. The van der Waals surface area contributed by atoms with Crippen molar-refractivity contribution in [2.45, 2.75) is 13.8 Å². The van der Waals surface area contributed by atoms with Gasteiger partial charge in [0.2, 0.25) is 0 Å². The maximum Gasteiger partial charge on any atom is 0.331 e. The van der Waals surface area contributed by atoms with Crippen LogP contribution in [0.15, 0.2) is 16.7 Å². The fraction of sp³-hybridized carbons (Fsp3) is 0.286. The summed E-state index contributed by atoms with van der Waals surface area (Å²) in [6.45, 7) is 3.03. The lowest BCUT2D eigenvalue weighted by molar-refractivity contribution is -0.142. The van der Waals surface area contributed by atoms with Crippen molar-refractivity contribution in [1.82, 2.24) is 14.9 Å². The van der Waals surface area contributed by atoms with Crippen molar-refractivity contribution < 1.29 is 18.8 Å². The van der Waals surface area contributed by atoms with Crippen molar-refractivity contribution >= 4 is 35.4 Å². The predicted octanol–water partition coefficient (Wildman–Crippen LogP) is 1.87. The summed E-state index contributed by atoms with van der Waals surface area (Å²) in [5, 5.41) is 10.6. The number of halogens is 1. The van der Waals surface area contributed by atoms with Gasteiger partial charge in [0.25, 0.3) is 5.91 Å². The summed E-state index contributed by atoms with van der Waals surface area (Å²) in [4.78, 5) is 23.2. The Kier molecular flexibility index (Phi) is 5.17. The molecular weight excluding hydrogens is 324 g/mol. The third-order valence-corrected chi connectivity index (χ3v) is 3.27. The number of nitrogens with zero attached hydrogens (tertiary/aromatic N) is 3. The van der Waals surface area contributed by atoms with Crippen LogP contribution in [0.25, 0.3) is 6.08 Å². The number of nitrogens with one attached hydrogen (secondary N) is 1. The lowest BCUT2D eigenvalue weighted by atomic mass is 10.2. The van der Waals surface area contributed by atoms with Crippen LogP contribution in [0.3, 0.4) is 0 Å². The number of anilines is 1. The molecule has 2 heterocycles. The second-order valence-corrected chi connectivity index (χ2v) is 5.08. The van der Waals surface area contributed by atoms with Crippen LogP contribution in [0.2, 0.25) is 5.15 Å².